The Balaban J connectivity index is 3.03. The summed E-state index contributed by atoms with van der Waals surface area (Å²) in [5, 5.41) is 8.78. The number of primary amides is 1. The Morgan fingerprint density at radius 3 is 2.48 bits per heavy atom. The topological polar surface area (TPSA) is 127 Å². The molecule has 1 atom stereocenters. The highest BCUT2D eigenvalue weighted by atomic mass is 35.5. The number of carbonyl (C=O) groups is 2. The van der Waals surface area contributed by atoms with Crippen molar-refractivity contribution in [3.8, 4) is 0 Å². The van der Waals surface area contributed by atoms with E-state index in [0.29, 0.717) is 0 Å². The van der Waals surface area contributed by atoms with Crippen LogP contribution in [-0.2, 0) is 19.6 Å². The number of nitrogens with two attached hydrogens (primary N) is 1. The predicted octanol–water partition coefficient (Wildman–Crippen LogP) is 0.990. The van der Waals surface area contributed by atoms with Crippen LogP contribution in [0.4, 0.5) is 0 Å². The van der Waals surface area contributed by atoms with Crippen molar-refractivity contribution < 1.29 is 23.1 Å². The van der Waals surface area contributed by atoms with Crippen molar-refractivity contribution in [3.63, 3.8) is 0 Å². The van der Waals surface area contributed by atoms with Crippen molar-refractivity contribution in [2.45, 2.75) is 23.8 Å². The average molecular weight is 355 g/mol. The van der Waals surface area contributed by atoms with E-state index >= 15 is 0 Å². The molecular weight excluding hydrogens is 343 g/mol. The molecule has 0 spiro atoms. The first-order valence-electron chi connectivity index (χ1n) is 5.62. The number of benzene rings is 1. The van der Waals surface area contributed by atoms with E-state index in [1.54, 1.807) is 0 Å². The van der Waals surface area contributed by atoms with Gasteiger partial charge in [0.2, 0.25) is 15.9 Å². The minimum atomic E-state index is -4.20. The van der Waals surface area contributed by atoms with Crippen molar-refractivity contribution in [2.75, 3.05) is 0 Å². The van der Waals surface area contributed by atoms with Gasteiger partial charge in [-0.1, -0.05) is 29.3 Å². The highest BCUT2D eigenvalue weighted by molar-refractivity contribution is 7.89. The van der Waals surface area contributed by atoms with Crippen molar-refractivity contribution in [3.05, 3.63) is 28.2 Å². The Labute approximate surface area is 131 Å². The summed E-state index contributed by atoms with van der Waals surface area (Å²) in [6.45, 7) is 0. The molecule has 7 nitrogen and oxygen atoms in total. The van der Waals surface area contributed by atoms with Gasteiger partial charge >= 0.3 is 5.97 Å². The molecule has 0 aromatic heterocycles. The lowest BCUT2D eigenvalue weighted by Crippen LogP contribution is -2.41. The highest BCUT2D eigenvalue weighted by Gasteiger charge is 2.27. The zero-order chi connectivity index (χ0) is 16.2. The molecule has 1 amide bonds. The number of rotatable bonds is 7. The molecule has 0 heterocycles. The van der Waals surface area contributed by atoms with Crippen molar-refractivity contribution in [1.29, 1.82) is 0 Å². The molecule has 4 N–H and O–H groups in total. The molecule has 0 bridgehead atoms. The van der Waals surface area contributed by atoms with Crippen LogP contribution in [0.5, 0.6) is 0 Å². The maximum absolute atomic E-state index is 12.1. The monoisotopic (exact) mass is 354 g/mol. The van der Waals surface area contributed by atoms with Gasteiger partial charge in [0.15, 0.2) is 0 Å². The summed E-state index contributed by atoms with van der Waals surface area (Å²) < 4.78 is 26.2. The van der Waals surface area contributed by atoms with Gasteiger partial charge in [0, 0.05) is 6.42 Å². The van der Waals surface area contributed by atoms with Crippen LogP contribution in [0, 0.1) is 0 Å². The summed E-state index contributed by atoms with van der Waals surface area (Å²) in [5.74, 6) is -2.17. The van der Waals surface area contributed by atoms with Crippen LogP contribution in [0.1, 0.15) is 12.8 Å². The van der Waals surface area contributed by atoms with E-state index in [1.807, 2.05) is 4.72 Å². The Hall–Kier alpha value is -1.35. The number of halogens is 2. The lowest BCUT2D eigenvalue weighted by Gasteiger charge is -2.15. The molecule has 0 fully saturated rings. The summed E-state index contributed by atoms with van der Waals surface area (Å²) >= 11 is 11.5. The first kappa shape index (κ1) is 17.7. The quantitative estimate of drug-likeness (QED) is 0.672. The Morgan fingerprint density at radius 1 is 1.33 bits per heavy atom. The molecule has 0 saturated carbocycles. The van der Waals surface area contributed by atoms with Crippen LogP contribution in [0.25, 0.3) is 0 Å². The number of carbonyl (C=O) groups excluding carboxylic acids is 1. The fourth-order valence-corrected chi connectivity index (χ4v) is 3.45. The van der Waals surface area contributed by atoms with E-state index in [4.69, 9.17) is 34.0 Å². The predicted molar refractivity (Wildman–Crippen MR) is 76.6 cm³/mol. The molecule has 0 aliphatic carbocycles. The lowest BCUT2D eigenvalue weighted by atomic mass is 10.2. The number of hydrogen-bond donors (Lipinski definition) is 3. The standard InChI is InChI=1S/C11H12Cl2N2O5S/c12-6-2-1-3-8(10(6)13)21(19,20)15-7(11(17)18)4-5-9(14)16/h1-3,7,15H,4-5H2,(H2,14,16)(H,17,18)/t7-/m0/s1. The molecule has 0 aliphatic heterocycles. The Morgan fingerprint density at radius 2 is 1.95 bits per heavy atom. The fraction of sp³-hybridized carbons (Fsp3) is 0.273. The van der Waals surface area contributed by atoms with Gasteiger partial charge in [0.25, 0.3) is 0 Å². The Kier molecular flexibility index (Phi) is 5.97. The second-order valence-electron chi connectivity index (χ2n) is 4.07. The number of aliphatic carboxylic acids is 1. The molecule has 1 aromatic rings. The average Bonchev–Trinajstić information content (AvgIpc) is 2.37. The second kappa shape index (κ2) is 7.08. The number of carboxylic acid groups (broad SMARTS) is 1. The largest absolute Gasteiger partial charge is 0.480 e. The van der Waals surface area contributed by atoms with E-state index in [-0.39, 0.29) is 27.8 Å². The summed E-state index contributed by atoms with van der Waals surface area (Å²) in [5.41, 5.74) is 4.91. The molecule has 0 aliphatic rings. The van der Waals surface area contributed by atoms with Crippen LogP contribution < -0.4 is 10.5 Å². The SMILES string of the molecule is NC(=O)CC[C@H](NS(=O)(=O)c1cccc(Cl)c1Cl)C(=O)O. The number of hydrogen-bond acceptors (Lipinski definition) is 4. The van der Waals surface area contributed by atoms with Gasteiger partial charge in [-0.05, 0) is 18.6 Å². The molecule has 10 heteroatoms. The van der Waals surface area contributed by atoms with Crippen molar-refractivity contribution >= 4 is 45.1 Å². The summed E-state index contributed by atoms with van der Waals surface area (Å²) in [6, 6.07) is 2.44. The number of carboxylic acids is 1. The van der Waals surface area contributed by atoms with Crippen molar-refractivity contribution in [1.82, 2.24) is 4.72 Å². The number of sulfonamides is 1. The molecule has 0 radical (unpaired) electrons. The Bertz CT molecular complexity index is 663. The lowest BCUT2D eigenvalue weighted by molar-refractivity contribution is -0.139. The third-order valence-corrected chi connectivity index (χ3v) is 4.93. The first-order chi connectivity index (χ1) is 9.65. The van der Waals surface area contributed by atoms with E-state index < -0.39 is 27.9 Å². The van der Waals surface area contributed by atoms with Crippen LogP contribution >= 0.6 is 23.2 Å². The zero-order valence-corrected chi connectivity index (χ0v) is 12.9. The molecule has 0 unspecified atom stereocenters. The minimum Gasteiger partial charge on any atom is -0.480 e. The van der Waals surface area contributed by atoms with Crippen LogP contribution in [0.15, 0.2) is 23.1 Å². The molecule has 0 saturated heterocycles. The van der Waals surface area contributed by atoms with Gasteiger partial charge in [0.1, 0.15) is 10.9 Å². The number of amides is 1. The second-order valence-corrected chi connectivity index (χ2v) is 6.54. The maximum atomic E-state index is 12.1. The maximum Gasteiger partial charge on any atom is 0.321 e. The van der Waals surface area contributed by atoms with E-state index in [2.05, 4.69) is 0 Å². The van der Waals surface area contributed by atoms with Gasteiger partial charge in [0.05, 0.1) is 10.0 Å². The molecule has 1 aromatic carbocycles. The fourth-order valence-electron chi connectivity index (χ4n) is 1.46. The van der Waals surface area contributed by atoms with Gasteiger partial charge in [-0.3, -0.25) is 9.59 Å². The summed E-state index contributed by atoms with van der Waals surface area (Å²) in [4.78, 5) is 21.4. The van der Waals surface area contributed by atoms with Gasteiger partial charge in [-0.2, -0.15) is 4.72 Å². The summed E-state index contributed by atoms with van der Waals surface area (Å²) in [6.07, 6.45) is -0.551. The van der Waals surface area contributed by atoms with Gasteiger partial charge in [-0.15, -0.1) is 0 Å². The third kappa shape index (κ3) is 4.85. The summed E-state index contributed by atoms with van der Waals surface area (Å²) in [7, 11) is -4.20. The normalized spacial score (nSPS) is 12.9. The smallest absolute Gasteiger partial charge is 0.321 e. The van der Waals surface area contributed by atoms with Gasteiger partial charge in [-0.25, -0.2) is 8.42 Å². The van der Waals surface area contributed by atoms with E-state index in [9.17, 15) is 18.0 Å². The molecule has 21 heavy (non-hydrogen) atoms. The van der Waals surface area contributed by atoms with Gasteiger partial charge < -0.3 is 10.8 Å². The van der Waals surface area contributed by atoms with E-state index in [1.165, 1.54) is 18.2 Å². The molecule has 116 valence electrons. The van der Waals surface area contributed by atoms with Crippen molar-refractivity contribution in [2.24, 2.45) is 5.73 Å². The van der Waals surface area contributed by atoms with E-state index in [0.717, 1.165) is 0 Å². The van der Waals surface area contributed by atoms with Crippen LogP contribution in [-0.4, -0.2) is 31.4 Å². The van der Waals surface area contributed by atoms with Crippen LogP contribution in [0.3, 0.4) is 0 Å². The molecular formula is C11H12Cl2N2O5S. The highest BCUT2D eigenvalue weighted by Crippen LogP contribution is 2.29. The van der Waals surface area contributed by atoms with Crippen LogP contribution in [0.2, 0.25) is 10.0 Å². The third-order valence-electron chi connectivity index (χ3n) is 2.48. The zero-order valence-electron chi connectivity index (χ0n) is 10.5. The first-order valence-corrected chi connectivity index (χ1v) is 7.86. The molecule has 1 rings (SSSR count). The number of nitrogens with one attached hydrogen (secondary N) is 1. The minimum absolute atomic E-state index is 0.0172.